The lowest BCUT2D eigenvalue weighted by molar-refractivity contribution is -0.384. The summed E-state index contributed by atoms with van der Waals surface area (Å²) in [5.74, 6) is 0.184. The molecular formula is C18H22N2O4S. The van der Waals surface area contributed by atoms with Gasteiger partial charge >= 0.3 is 0 Å². The minimum atomic E-state index is -3.54. The Bertz CT molecular complexity index is 830. The Morgan fingerprint density at radius 2 is 1.76 bits per heavy atom. The van der Waals surface area contributed by atoms with Gasteiger partial charge in [-0.15, -0.1) is 0 Å². The number of nitro groups is 1. The maximum absolute atomic E-state index is 12.1. The van der Waals surface area contributed by atoms with E-state index in [9.17, 15) is 18.5 Å². The molecule has 0 aliphatic carbocycles. The quantitative estimate of drug-likeness (QED) is 0.576. The Labute approximate surface area is 148 Å². The summed E-state index contributed by atoms with van der Waals surface area (Å²) < 4.78 is 26.8. The van der Waals surface area contributed by atoms with Gasteiger partial charge in [-0.1, -0.05) is 50.2 Å². The summed E-state index contributed by atoms with van der Waals surface area (Å²) in [5, 5.41) is 10.8. The standard InChI is InChI=1S/C18H22N2O4S/c1-14(2)17-8-6-15(7-9-17)10-11-19-25(23,24)13-16-4-3-5-18(12-16)20(21)22/h3-9,12,14,19H,10-11,13H2,1-2H3. The van der Waals surface area contributed by atoms with Crippen LogP contribution in [-0.4, -0.2) is 19.9 Å². The maximum atomic E-state index is 12.1. The molecule has 6 nitrogen and oxygen atoms in total. The number of hydrogen-bond donors (Lipinski definition) is 1. The Kier molecular flexibility index (Phi) is 6.27. The fourth-order valence-corrected chi connectivity index (χ4v) is 3.58. The van der Waals surface area contributed by atoms with Crippen molar-refractivity contribution in [3.8, 4) is 0 Å². The molecule has 0 fully saturated rings. The zero-order valence-corrected chi connectivity index (χ0v) is 15.1. The first-order chi connectivity index (χ1) is 11.8. The second-order valence-electron chi connectivity index (χ2n) is 6.23. The molecule has 0 heterocycles. The van der Waals surface area contributed by atoms with E-state index in [4.69, 9.17) is 0 Å². The first kappa shape index (κ1) is 19.1. The van der Waals surface area contributed by atoms with Crippen molar-refractivity contribution in [2.24, 2.45) is 0 Å². The monoisotopic (exact) mass is 362 g/mol. The summed E-state index contributed by atoms with van der Waals surface area (Å²) in [7, 11) is -3.54. The molecule has 0 saturated heterocycles. The van der Waals surface area contributed by atoms with Crippen LogP contribution < -0.4 is 4.72 Å². The third-order valence-electron chi connectivity index (χ3n) is 3.86. The molecule has 1 N–H and O–H groups in total. The Morgan fingerprint density at radius 1 is 1.08 bits per heavy atom. The smallest absolute Gasteiger partial charge is 0.258 e. The molecule has 2 aromatic rings. The summed E-state index contributed by atoms with van der Waals surface area (Å²) in [6.07, 6.45) is 0.590. The molecule has 25 heavy (non-hydrogen) atoms. The lowest BCUT2D eigenvalue weighted by Gasteiger charge is -2.09. The van der Waals surface area contributed by atoms with E-state index in [1.807, 2.05) is 12.1 Å². The molecule has 2 rings (SSSR count). The summed E-state index contributed by atoms with van der Waals surface area (Å²) in [4.78, 5) is 10.2. The minimum absolute atomic E-state index is 0.113. The summed E-state index contributed by atoms with van der Waals surface area (Å²) in [6.45, 7) is 4.53. The highest BCUT2D eigenvalue weighted by Gasteiger charge is 2.14. The molecule has 0 radical (unpaired) electrons. The molecular weight excluding hydrogens is 340 g/mol. The summed E-state index contributed by atoms with van der Waals surface area (Å²) >= 11 is 0. The number of nitro benzene ring substituents is 1. The van der Waals surface area contributed by atoms with Crippen LogP contribution in [0.2, 0.25) is 0 Å². The summed E-state index contributed by atoms with van der Waals surface area (Å²) in [5.41, 5.74) is 2.58. The van der Waals surface area contributed by atoms with Crippen LogP contribution in [0.25, 0.3) is 0 Å². The molecule has 0 aliphatic heterocycles. The van der Waals surface area contributed by atoms with Crippen LogP contribution >= 0.6 is 0 Å². The Balaban J connectivity index is 1.91. The molecule has 0 saturated carbocycles. The predicted molar refractivity (Wildman–Crippen MR) is 98.0 cm³/mol. The van der Waals surface area contributed by atoms with Crippen molar-refractivity contribution in [1.29, 1.82) is 0 Å². The largest absolute Gasteiger partial charge is 0.269 e. The van der Waals surface area contributed by atoms with E-state index in [0.717, 1.165) is 5.56 Å². The van der Waals surface area contributed by atoms with Gasteiger partial charge in [-0.25, -0.2) is 13.1 Å². The van der Waals surface area contributed by atoms with Crippen molar-refractivity contribution >= 4 is 15.7 Å². The molecule has 0 atom stereocenters. The number of non-ortho nitro benzene ring substituents is 1. The molecule has 0 aliphatic rings. The van der Waals surface area contributed by atoms with E-state index in [1.165, 1.54) is 23.8 Å². The lowest BCUT2D eigenvalue weighted by Crippen LogP contribution is -2.27. The van der Waals surface area contributed by atoms with Crippen LogP contribution in [0.5, 0.6) is 0 Å². The van der Waals surface area contributed by atoms with Gasteiger partial charge in [0.25, 0.3) is 5.69 Å². The van der Waals surface area contributed by atoms with Crippen LogP contribution in [0, 0.1) is 10.1 Å². The zero-order chi connectivity index (χ0) is 18.4. The fraction of sp³-hybridized carbons (Fsp3) is 0.333. The SMILES string of the molecule is CC(C)c1ccc(CCNS(=O)(=O)Cc2cccc([N+](=O)[O-])c2)cc1. The lowest BCUT2D eigenvalue weighted by atomic mass is 10.0. The van der Waals surface area contributed by atoms with Gasteiger partial charge in [-0.05, 0) is 29.0 Å². The van der Waals surface area contributed by atoms with E-state index in [2.05, 4.69) is 30.7 Å². The molecule has 0 spiro atoms. The fourth-order valence-electron chi connectivity index (χ4n) is 2.45. The Morgan fingerprint density at radius 3 is 2.36 bits per heavy atom. The normalized spacial score (nSPS) is 11.6. The molecule has 0 aromatic heterocycles. The van der Waals surface area contributed by atoms with Gasteiger partial charge < -0.3 is 0 Å². The van der Waals surface area contributed by atoms with Crippen molar-refractivity contribution in [3.63, 3.8) is 0 Å². The van der Waals surface area contributed by atoms with Gasteiger partial charge in [0.1, 0.15) is 0 Å². The number of rotatable bonds is 8. The molecule has 0 amide bonds. The number of benzene rings is 2. The van der Waals surface area contributed by atoms with E-state index in [0.29, 0.717) is 17.9 Å². The number of nitrogens with one attached hydrogen (secondary N) is 1. The second kappa shape index (κ2) is 8.22. The first-order valence-electron chi connectivity index (χ1n) is 8.06. The van der Waals surface area contributed by atoms with Gasteiger partial charge in [-0.2, -0.15) is 0 Å². The Hall–Kier alpha value is -2.25. The van der Waals surface area contributed by atoms with E-state index in [-0.39, 0.29) is 18.0 Å². The third kappa shape index (κ3) is 5.95. The van der Waals surface area contributed by atoms with Crippen molar-refractivity contribution in [2.75, 3.05) is 6.54 Å². The topological polar surface area (TPSA) is 89.3 Å². The van der Waals surface area contributed by atoms with E-state index >= 15 is 0 Å². The van der Waals surface area contributed by atoms with Crippen LogP contribution in [0.4, 0.5) is 5.69 Å². The third-order valence-corrected chi connectivity index (χ3v) is 5.22. The van der Waals surface area contributed by atoms with E-state index < -0.39 is 14.9 Å². The number of nitrogens with zero attached hydrogens (tertiary/aromatic N) is 1. The van der Waals surface area contributed by atoms with Gasteiger partial charge in [0.15, 0.2) is 0 Å². The molecule has 7 heteroatoms. The minimum Gasteiger partial charge on any atom is -0.258 e. The van der Waals surface area contributed by atoms with Crippen molar-refractivity contribution in [1.82, 2.24) is 4.72 Å². The van der Waals surface area contributed by atoms with Gasteiger partial charge in [0.2, 0.25) is 10.0 Å². The molecule has 0 unspecified atom stereocenters. The molecule has 134 valence electrons. The van der Waals surface area contributed by atoms with Gasteiger partial charge in [0, 0.05) is 18.7 Å². The average molecular weight is 362 g/mol. The highest BCUT2D eigenvalue weighted by Crippen LogP contribution is 2.16. The van der Waals surface area contributed by atoms with Crippen molar-refractivity contribution in [3.05, 3.63) is 75.3 Å². The van der Waals surface area contributed by atoms with Crippen molar-refractivity contribution in [2.45, 2.75) is 31.9 Å². The van der Waals surface area contributed by atoms with Gasteiger partial charge in [-0.3, -0.25) is 10.1 Å². The average Bonchev–Trinajstić information content (AvgIpc) is 2.55. The maximum Gasteiger partial charge on any atom is 0.269 e. The van der Waals surface area contributed by atoms with E-state index in [1.54, 1.807) is 6.07 Å². The predicted octanol–water partition coefficient (Wildman–Crippen LogP) is 3.38. The molecule has 2 aromatic carbocycles. The van der Waals surface area contributed by atoms with Crippen LogP contribution in [0.15, 0.2) is 48.5 Å². The highest BCUT2D eigenvalue weighted by molar-refractivity contribution is 7.88. The molecule has 0 bridgehead atoms. The zero-order valence-electron chi connectivity index (χ0n) is 14.3. The van der Waals surface area contributed by atoms with Crippen LogP contribution in [-0.2, 0) is 22.2 Å². The number of sulfonamides is 1. The second-order valence-corrected chi connectivity index (χ2v) is 8.03. The summed E-state index contributed by atoms with van der Waals surface area (Å²) in [6, 6.07) is 13.8. The van der Waals surface area contributed by atoms with Gasteiger partial charge in [0.05, 0.1) is 10.7 Å². The van der Waals surface area contributed by atoms with Crippen molar-refractivity contribution < 1.29 is 13.3 Å². The first-order valence-corrected chi connectivity index (χ1v) is 9.71. The van der Waals surface area contributed by atoms with Crippen LogP contribution in [0.1, 0.15) is 36.5 Å². The highest BCUT2D eigenvalue weighted by atomic mass is 32.2. The number of hydrogen-bond acceptors (Lipinski definition) is 4. The van der Waals surface area contributed by atoms with Crippen LogP contribution in [0.3, 0.4) is 0 Å².